The molecule has 30 heavy (non-hydrogen) atoms. The van der Waals surface area contributed by atoms with Crippen LogP contribution in [0.1, 0.15) is 26.3 Å². The minimum atomic E-state index is -0.777. The summed E-state index contributed by atoms with van der Waals surface area (Å²) in [4.78, 5) is 26.9. The fourth-order valence-electron chi connectivity index (χ4n) is 2.65. The fourth-order valence-corrected chi connectivity index (χ4v) is 3.16. The summed E-state index contributed by atoms with van der Waals surface area (Å²) in [5.41, 5.74) is 0.541. The van der Waals surface area contributed by atoms with Gasteiger partial charge in [-0.15, -0.1) is 0 Å². The van der Waals surface area contributed by atoms with Gasteiger partial charge in [0.1, 0.15) is 17.6 Å². The van der Waals surface area contributed by atoms with E-state index in [0.717, 1.165) is 0 Å². The van der Waals surface area contributed by atoms with Crippen LogP contribution >= 0.6 is 23.2 Å². The van der Waals surface area contributed by atoms with Crippen LogP contribution in [0.5, 0.6) is 5.75 Å². The Morgan fingerprint density at radius 3 is 2.23 bits per heavy atom. The molecule has 2 amide bonds. The summed E-state index contributed by atoms with van der Waals surface area (Å²) in [5.74, 6) is -0.508. The SMILES string of the molecule is CC(C)CNC(=O)[C@H](C)N(Cc1c(Cl)cccc1Cl)C(=O)COc1ccc(F)cc1. The minimum absolute atomic E-state index is 0.0420. The van der Waals surface area contributed by atoms with E-state index in [9.17, 15) is 14.0 Å². The molecule has 0 unspecified atom stereocenters. The Hall–Kier alpha value is -2.31. The Balaban J connectivity index is 2.19. The number of benzene rings is 2. The third kappa shape index (κ3) is 6.89. The molecule has 2 rings (SSSR count). The van der Waals surface area contributed by atoms with Gasteiger partial charge in [-0.2, -0.15) is 0 Å². The second-order valence-corrected chi connectivity index (χ2v) is 8.09. The number of amides is 2. The van der Waals surface area contributed by atoms with Crippen molar-refractivity contribution in [2.45, 2.75) is 33.4 Å². The summed E-state index contributed by atoms with van der Waals surface area (Å²) in [6.45, 7) is 5.80. The van der Waals surface area contributed by atoms with E-state index < -0.39 is 17.8 Å². The van der Waals surface area contributed by atoms with Gasteiger partial charge in [-0.1, -0.05) is 43.1 Å². The third-order valence-corrected chi connectivity index (χ3v) is 5.13. The standard InChI is InChI=1S/C22H25Cl2FN2O3/c1-14(2)11-26-22(29)15(3)27(12-18-19(23)5-4-6-20(18)24)21(28)13-30-17-9-7-16(25)8-10-17/h4-10,14-15H,11-13H2,1-3H3,(H,26,29)/t15-/m0/s1. The molecule has 5 nitrogen and oxygen atoms in total. The molecule has 0 aliphatic heterocycles. The molecule has 2 aromatic rings. The van der Waals surface area contributed by atoms with Crippen LogP contribution in [0.4, 0.5) is 4.39 Å². The zero-order chi connectivity index (χ0) is 22.3. The average Bonchev–Trinajstić information content (AvgIpc) is 2.70. The Morgan fingerprint density at radius 1 is 1.07 bits per heavy atom. The number of hydrogen-bond acceptors (Lipinski definition) is 3. The molecule has 0 radical (unpaired) electrons. The zero-order valence-corrected chi connectivity index (χ0v) is 18.6. The van der Waals surface area contributed by atoms with Crippen molar-refractivity contribution < 1.29 is 18.7 Å². The normalized spacial score (nSPS) is 11.8. The van der Waals surface area contributed by atoms with Gasteiger partial charge in [-0.05, 0) is 49.2 Å². The number of rotatable bonds is 9. The number of ether oxygens (including phenoxy) is 1. The predicted octanol–water partition coefficient (Wildman–Crippen LogP) is 4.70. The minimum Gasteiger partial charge on any atom is -0.484 e. The van der Waals surface area contributed by atoms with E-state index in [1.165, 1.54) is 29.2 Å². The largest absolute Gasteiger partial charge is 0.484 e. The lowest BCUT2D eigenvalue weighted by Gasteiger charge is -2.29. The maximum Gasteiger partial charge on any atom is 0.261 e. The van der Waals surface area contributed by atoms with Crippen LogP contribution in [-0.4, -0.2) is 35.9 Å². The van der Waals surface area contributed by atoms with Crippen molar-refractivity contribution in [3.05, 3.63) is 63.9 Å². The van der Waals surface area contributed by atoms with E-state index in [1.54, 1.807) is 25.1 Å². The van der Waals surface area contributed by atoms with Crippen molar-refractivity contribution in [3.8, 4) is 5.75 Å². The van der Waals surface area contributed by atoms with Gasteiger partial charge in [0, 0.05) is 28.7 Å². The molecule has 0 aliphatic rings. The maximum atomic E-state index is 13.1. The smallest absolute Gasteiger partial charge is 0.261 e. The van der Waals surface area contributed by atoms with Crippen LogP contribution in [0.3, 0.4) is 0 Å². The summed E-state index contributed by atoms with van der Waals surface area (Å²) in [5, 5.41) is 3.63. The number of nitrogens with zero attached hydrogens (tertiary/aromatic N) is 1. The molecule has 0 aliphatic carbocycles. The molecule has 0 spiro atoms. The lowest BCUT2D eigenvalue weighted by Crippen LogP contribution is -2.49. The third-order valence-electron chi connectivity index (χ3n) is 4.42. The first-order valence-electron chi connectivity index (χ1n) is 9.57. The molecule has 1 N–H and O–H groups in total. The Labute approximate surface area is 186 Å². The van der Waals surface area contributed by atoms with Crippen LogP contribution in [0, 0.1) is 11.7 Å². The molecule has 162 valence electrons. The predicted molar refractivity (Wildman–Crippen MR) is 116 cm³/mol. The number of carbonyl (C=O) groups excluding carboxylic acids is 2. The van der Waals surface area contributed by atoms with Crippen molar-refractivity contribution in [1.29, 1.82) is 0 Å². The maximum absolute atomic E-state index is 13.1. The highest BCUT2D eigenvalue weighted by Crippen LogP contribution is 2.26. The molecule has 0 aromatic heterocycles. The van der Waals surface area contributed by atoms with E-state index in [4.69, 9.17) is 27.9 Å². The van der Waals surface area contributed by atoms with Crippen molar-refractivity contribution in [3.63, 3.8) is 0 Å². The van der Waals surface area contributed by atoms with Crippen LogP contribution in [0.15, 0.2) is 42.5 Å². The van der Waals surface area contributed by atoms with Gasteiger partial charge in [-0.25, -0.2) is 4.39 Å². The highest BCUT2D eigenvalue weighted by molar-refractivity contribution is 6.36. The van der Waals surface area contributed by atoms with Gasteiger partial charge in [0.05, 0.1) is 0 Å². The lowest BCUT2D eigenvalue weighted by atomic mass is 10.1. The zero-order valence-electron chi connectivity index (χ0n) is 17.1. The first kappa shape index (κ1) is 24.0. The van der Waals surface area contributed by atoms with Crippen molar-refractivity contribution in [2.24, 2.45) is 5.92 Å². The van der Waals surface area contributed by atoms with Gasteiger partial charge in [0.15, 0.2) is 6.61 Å². The second-order valence-electron chi connectivity index (χ2n) is 7.28. The Kier molecular flexibility index (Phi) is 8.93. The van der Waals surface area contributed by atoms with Gasteiger partial charge >= 0.3 is 0 Å². The van der Waals surface area contributed by atoms with E-state index in [2.05, 4.69) is 5.32 Å². The Morgan fingerprint density at radius 2 is 1.67 bits per heavy atom. The lowest BCUT2D eigenvalue weighted by molar-refractivity contribution is -0.142. The molecule has 8 heteroatoms. The summed E-state index contributed by atoms with van der Waals surface area (Å²) < 4.78 is 18.5. The molecule has 1 atom stereocenters. The summed E-state index contributed by atoms with van der Waals surface area (Å²) >= 11 is 12.5. The number of nitrogens with one attached hydrogen (secondary N) is 1. The molecule has 0 fully saturated rings. The Bertz CT molecular complexity index is 855. The number of hydrogen-bond donors (Lipinski definition) is 1. The quantitative estimate of drug-likeness (QED) is 0.597. The second kappa shape index (κ2) is 11.2. The molecular weight excluding hydrogens is 430 g/mol. The molecule has 0 saturated carbocycles. The molecular formula is C22H25Cl2FN2O3. The summed E-state index contributed by atoms with van der Waals surface area (Å²) in [6, 6.07) is 9.60. The van der Waals surface area contributed by atoms with E-state index in [-0.39, 0.29) is 25.0 Å². The van der Waals surface area contributed by atoms with Crippen LogP contribution < -0.4 is 10.1 Å². The number of halogens is 3. The van der Waals surface area contributed by atoms with Crippen LogP contribution in [0.2, 0.25) is 10.0 Å². The van der Waals surface area contributed by atoms with E-state index in [1.807, 2.05) is 13.8 Å². The highest BCUT2D eigenvalue weighted by Gasteiger charge is 2.27. The van der Waals surface area contributed by atoms with Crippen molar-refractivity contribution in [2.75, 3.05) is 13.2 Å². The number of carbonyl (C=O) groups is 2. The topological polar surface area (TPSA) is 58.6 Å². The monoisotopic (exact) mass is 454 g/mol. The van der Waals surface area contributed by atoms with Gasteiger partial charge in [0.25, 0.3) is 5.91 Å². The summed E-state index contributed by atoms with van der Waals surface area (Å²) in [6.07, 6.45) is 0. The first-order valence-corrected chi connectivity index (χ1v) is 10.3. The van der Waals surface area contributed by atoms with E-state index >= 15 is 0 Å². The highest BCUT2D eigenvalue weighted by atomic mass is 35.5. The van der Waals surface area contributed by atoms with Gasteiger partial charge < -0.3 is 15.0 Å². The summed E-state index contributed by atoms with van der Waals surface area (Å²) in [7, 11) is 0. The van der Waals surface area contributed by atoms with Crippen LogP contribution in [-0.2, 0) is 16.1 Å². The van der Waals surface area contributed by atoms with Gasteiger partial charge in [0.2, 0.25) is 5.91 Å². The molecule has 0 heterocycles. The fraction of sp³-hybridized carbons (Fsp3) is 0.364. The van der Waals surface area contributed by atoms with Crippen molar-refractivity contribution >= 4 is 35.0 Å². The van der Waals surface area contributed by atoms with E-state index in [0.29, 0.717) is 27.9 Å². The van der Waals surface area contributed by atoms with Crippen molar-refractivity contribution in [1.82, 2.24) is 10.2 Å². The molecule has 2 aromatic carbocycles. The first-order chi connectivity index (χ1) is 14.2. The van der Waals surface area contributed by atoms with Gasteiger partial charge in [-0.3, -0.25) is 9.59 Å². The van der Waals surface area contributed by atoms with Crippen LogP contribution in [0.25, 0.3) is 0 Å². The average molecular weight is 455 g/mol. The molecule has 0 bridgehead atoms. The molecule has 0 saturated heterocycles.